The van der Waals surface area contributed by atoms with E-state index in [1.165, 1.54) is 0 Å². The first kappa shape index (κ1) is 24.3. The molecule has 0 fully saturated rings. The Hall–Kier alpha value is -2.78. The maximum Gasteiger partial charge on any atom is 0.335 e. The van der Waals surface area contributed by atoms with Crippen molar-refractivity contribution in [2.75, 3.05) is 31.3 Å². The van der Waals surface area contributed by atoms with Crippen LogP contribution < -0.4 is 14.4 Å². The van der Waals surface area contributed by atoms with Crippen LogP contribution in [0.5, 0.6) is 17.2 Å². The van der Waals surface area contributed by atoms with Gasteiger partial charge in [0.2, 0.25) is 0 Å². The number of fused-ring (bicyclic) bond motifs is 2. The van der Waals surface area contributed by atoms with E-state index < -0.39 is 6.10 Å². The SMILES string of the molecule is CCOC(=O)[C@H](Cc1ccc(OCCN2c3ccccc3Oc3ccccc32)c(I)c1)OCC. The van der Waals surface area contributed by atoms with E-state index in [2.05, 4.69) is 39.6 Å². The third kappa shape index (κ3) is 5.64. The summed E-state index contributed by atoms with van der Waals surface area (Å²) in [6, 6.07) is 22.0. The van der Waals surface area contributed by atoms with E-state index in [0.717, 1.165) is 37.8 Å². The van der Waals surface area contributed by atoms with Crippen LogP contribution in [0.4, 0.5) is 11.4 Å². The molecule has 0 spiro atoms. The van der Waals surface area contributed by atoms with Gasteiger partial charge in [-0.1, -0.05) is 30.3 Å². The molecule has 7 heteroatoms. The molecule has 4 rings (SSSR count). The first-order valence-electron chi connectivity index (χ1n) is 11.4. The zero-order valence-corrected chi connectivity index (χ0v) is 21.5. The highest BCUT2D eigenvalue weighted by Crippen LogP contribution is 2.45. The molecule has 1 aliphatic rings. The number of hydrogen-bond acceptors (Lipinski definition) is 6. The Balaban J connectivity index is 1.42. The maximum atomic E-state index is 12.2. The van der Waals surface area contributed by atoms with Gasteiger partial charge in [0.15, 0.2) is 17.6 Å². The number of halogens is 1. The molecule has 3 aromatic rings. The molecule has 0 bridgehead atoms. The number of carbonyl (C=O) groups is 1. The number of benzene rings is 3. The van der Waals surface area contributed by atoms with Crippen LogP contribution in [-0.4, -0.2) is 38.4 Å². The molecule has 0 aromatic heterocycles. The molecular weight excluding hydrogens is 545 g/mol. The first-order valence-corrected chi connectivity index (χ1v) is 12.5. The van der Waals surface area contributed by atoms with Crippen molar-refractivity contribution in [3.05, 3.63) is 75.9 Å². The normalized spacial score (nSPS) is 12.9. The molecule has 0 unspecified atom stereocenters. The summed E-state index contributed by atoms with van der Waals surface area (Å²) in [5.41, 5.74) is 3.05. The number of anilines is 2. The molecule has 0 saturated carbocycles. The van der Waals surface area contributed by atoms with Gasteiger partial charge in [-0.05, 0) is 78.4 Å². The molecule has 3 aromatic carbocycles. The van der Waals surface area contributed by atoms with Gasteiger partial charge in [0, 0.05) is 13.0 Å². The molecule has 0 radical (unpaired) electrons. The van der Waals surface area contributed by atoms with Crippen molar-refractivity contribution >= 4 is 39.9 Å². The van der Waals surface area contributed by atoms with Gasteiger partial charge >= 0.3 is 5.97 Å². The van der Waals surface area contributed by atoms with Crippen molar-refractivity contribution in [2.45, 2.75) is 26.4 Å². The van der Waals surface area contributed by atoms with Crippen LogP contribution in [0.15, 0.2) is 66.7 Å². The highest BCUT2D eigenvalue weighted by atomic mass is 127. The maximum absolute atomic E-state index is 12.2. The molecule has 0 aliphatic carbocycles. The van der Waals surface area contributed by atoms with Crippen LogP contribution in [0.2, 0.25) is 0 Å². The number of ether oxygens (including phenoxy) is 4. The summed E-state index contributed by atoms with van der Waals surface area (Å²) in [5.74, 6) is 2.16. The second kappa shape index (κ2) is 11.6. The van der Waals surface area contributed by atoms with Crippen molar-refractivity contribution in [3.8, 4) is 17.2 Å². The number of carbonyl (C=O) groups excluding carboxylic acids is 1. The summed E-state index contributed by atoms with van der Waals surface area (Å²) in [5, 5.41) is 0. The molecule has 178 valence electrons. The minimum Gasteiger partial charge on any atom is -0.491 e. The van der Waals surface area contributed by atoms with Crippen molar-refractivity contribution < 1.29 is 23.7 Å². The Morgan fingerprint density at radius 2 is 1.65 bits per heavy atom. The Kier molecular flexibility index (Phi) is 8.29. The van der Waals surface area contributed by atoms with Gasteiger partial charge in [-0.2, -0.15) is 0 Å². The van der Waals surface area contributed by atoms with E-state index in [4.69, 9.17) is 18.9 Å². The lowest BCUT2D eigenvalue weighted by Gasteiger charge is -2.32. The minimum atomic E-state index is -0.603. The van der Waals surface area contributed by atoms with Crippen LogP contribution in [0.25, 0.3) is 0 Å². The number of nitrogens with zero attached hydrogens (tertiary/aromatic N) is 1. The van der Waals surface area contributed by atoms with Crippen molar-refractivity contribution in [1.82, 2.24) is 0 Å². The predicted molar refractivity (Wildman–Crippen MR) is 140 cm³/mol. The van der Waals surface area contributed by atoms with Gasteiger partial charge < -0.3 is 23.8 Å². The Bertz CT molecular complexity index is 1090. The molecule has 0 amide bonds. The summed E-state index contributed by atoms with van der Waals surface area (Å²) in [6.07, 6.45) is -0.140. The molecule has 6 nitrogen and oxygen atoms in total. The smallest absolute Gasteiger partial charge is 0.335 e. The van der Waals surface area contributed by atoms with Crippen LogP contribution in [0.3, 0.4) is 0 Å². The highest BCUT2D eigenvalue weighted by Gasteiger charge is 2.24. The van der Waals surface area contributed by atoms with Gasteiger partial charge in [-0.25, -0.2) is 4.79 Å². The van der Waals surface area contributed by atoms with Crippen LogP contribution in [-0.2, 0) is 20.7 Å². The highest BCUT2D eigenvalue weighted by molar-refractivity contribution is 14.1. The third-order valence-corrected chi connectivity index (χ3v) is 6.28. The molecule has 0 N–H and O–H groups in total. The first-order chi connectivity index (χ1) is 16.6. The second-order valence-corrected chi connectivity index (χ2v) is 8.86. The topological polar surface area (TPSA) is 57.2 Å². The van der Waals surface area contributed by atoms with Crippen molar-refractivity contribution in [3.63, 3.8) is 0 Å². The lowest BCUT2D eigenvalue weighted by molar-refractivity contribution is -0.156. The Morgan fingerprint density at radius 3 is 2.26 bits per heavy atom. The van der Waals surface area contributed by atoms with Crippen molar-refractivity contribution in [1.29, 1.82) is 0 Å². The van der Waals surface area contributed by atoms with Crippen LogP contribution in [0, 0.1) is 3.57 Å². The lowest BCUT2D eigenvalue weighted by Crippen LogP contribution is -2.29. The fourth-order valence-corrected chi connectivity index (χ4v) is 4.65. The summed E-state index contributed by atoms with van der Waals surface area (Å²) in [4.78, 5) is 14.4. The summed E-state index contributed by atoms with van der Waals surface area (Å²) < 4.78 is 23.9. The molecule has 0 saturated heterocycles. The Labute approximate surface area is 213 Å². The van der Waals surface area contributed by atoms with Gasteiger partial charge in [0.05, 0.1) is 28.1 Å². The largest absolute Gasteiger partial charge is 0.491 e. The fourth-order valence-electron chi connectivity index (χ4n) is 3.92. The van der Waals surface area contributed by atoms with Gasteiger partial charge in [-0.3, -0.25) is 0 Å². The predicted octanol–water partition coefficient (Wildman–Crippen LogP) is 6.12. The summed E-state index contributed by atoms with van der Waals surface area (Å²) >= 11 is 2.27. The molecule has 34 heavy (non-hydrogen) atoms. The van der Waals surface area contributed by atoms with Crippen LogP contribution >= 0.6 is 22.6 Å². The summed E-state index contributed by atoms with van der Waals surface area (Å²) in [7, 11) is 0. The number of para-hydroxylation sites is 4. The molecule has 1 atom stereocenters. The van der Waals surface area contributed by atoms with E-state index in [1.54, 1.807) is 6.92 Å². The summed E-state index contributed by atoms with van der Waals surface area (Å²) in [6.45, 7) is 5.63. The average molecular weight is 573 g/mol. The number of hydrogen-bond donors (Lipinski definition) is 0. The average Bonchev–Trinajstić information content (AvgIpc) is 2.84. The zero-order chi connectivity index (χ0) is 23.9. The fraction of sp³-hybridized carbons (Fsp3) is 0.296. The number of esters is 1. The van der Waals surface area contributed by atoms with Crippen molar-refractivity contribution in [2.24, 2.45) is 0 Å². The van der Waals surface area contributed by atoms with E-state index in [0.29, 0.717) is 32.8 Å². The number of rotatable bonds is 10. The van der Waals surface area contributed by atoms with Gasteiger partial charge in [0.25, 0.3) is 0 Å². The molecule has 1 heterocycles. The minimum absolute atomic E-state index is 0.328. The van der Waals surface area contributed by atoms with Gasteiger partial charge in [0.1, 0.15) is 12.4 Å². The molecule has 1 aliphatic heterocycles. The van der Waals surface area contributed by atoms with E-state index in [1.807, 2.05) is 61.5 Å². The third-order valence-electron chi connectivity index (χ3n) is 5.44. The molecular formula is C27H28INO5. The Morgan fingerprint density at radius 1 is 0.971 bits per heavy atom. The monoisotopic (exact) mass is 573 g/mol. The zero-order valence-electron chi connectivity index (χ0n) is 19.3. The van der Waals surface area contributed by atoms with E-state index in [9.17, 15) is 4.79 Å². The quantitative estimate of drug-likeness (QED) is 0.215. The van der Waals surface area contributed by atoms with E-state index in [-0.39, 0.29) is 5.97 Å². The van der Waals surface area contributed by atoms with Gasteiger partial charge in [-0.15, -0.1) is 0 Å². The second-order valence-electron chi connectivity index (χ2n) is 7.70. The standard InChI is InChI=1S/C27H28INO5/c1-3-31-26(27(30)32-4-2)18-19-13-14-23(20(28)17-19)33-16-15-29-21-9-5-7-11-24(21)34-25-12-8-6-10-22(25)29/h5-14,17,26H,3-4,15-16,18H2,1-2H3/t26-/m0/s1. The van der Waals surface area contributed by atoms with Crippen LogP contribution in [0.1, 0.15) is 19.4 Å². The lowest BCUT2D eigenvalue weighted by atomic mass is 10.1. The van der Waals surface area contributed by atoms with E-state index >= 15 is 0 Å².